The maximum Gasteiger partial charge on any atom is 0.144 e. The highest BCUT2D eigenvalue weighted by molar-refractivity contribution is 6.31. The Kier molecular flexibility index (Phi) is 3.06. The quantitative estimate of drug-likeness (QED) is 0.828. The zero-order valence-electron chi connectivity index (χ0n) is 9.49. The van der Waals surface area contributed by atoms with E-state index in [2.05, 4.69) is 5.32 Å². The molecule has 0 saturated carbocycles. The van der Waals surface area contributed by atoms with E-state index >= 15 is 0 Å². The first-order chi connectivity index (χ1) is 8.72. The minimum Gasteiger partial charge on any atom is -0.489 e. The summed E-state index contributed by atoms with van der Waals surface area (Å²) in [6, 6.07) is 13.5. The number of fused-ring (bicyclic) bond motifs is 1. The van der Waals surface area contributed by atoms with Crippen molar-refractivity contribution in [3.05, 3.63) is 58.1 Å². The Hall–Kier alpha value is -1.38. The van der Waals surface area contributed by atoms with E-state index in [1.165, 1.54) is 0 Å². The van der Waals surface area contributed by atoms with E-state index in [0.717, 1.165) is 22.0 Å². The third-order valence-corrected chi connectivity index (χ3v) is 3.44. The van der Waals surface area contributed by atoms with Crippen molar-refractivity contribution >= 4 is 28.9 Å². The first-order valence-corrected chi connectivity index (χ1v) is 6.42. The third kappa shape index (κ3) is 2.26. The number of rotatable bonds is 1. The second-order valence-electron chi connectivity index (χ2n) is 4.20. The molecule has 2 nitrogen and oxygen atoms in total. The Balaban J connectivity index is 1.86. The van der Waals surface area contributed by atoms with Crippen LogP contribution < -0.4 is 10.1 Å². The predicted octanol–water partition coefficient (Wildman–Crippen LogP) is 4.54. The molecule has 1 heterocycles. The summed E-state index contributed by atoms with van der Waals surface area (Å²) in [6.07, 6.45) is 0. The fourth-order valence-corrected chi connectivity index (χ4v) is 2.30. The second-order valence-corrected chi connectivity index (χ2v) is 5.07. The van der Waals surface area contributed by atoms with Gasteiger partial charge in [0.25, 0.3) is 0 Å². The van der Waals surface area contributed by atoms with Crippen LogP contribution in [0.4, 0.5) is 5.69 Å². The Labute approximate surface area is 115 Å². The van der Waals surface area contributed by atoms with E-state index in [4.69, 9.17) is 27.9 Å². The fraction of sp³-hybridized carbons (Fsp3) is 0.143. The first-order valence-electron chi connectivity index (χ1n) is 5.67. The molecule has 3 rings (SSSR count). The SMILES string of the molecule is Clc1ccc([C@H]2COc3cc(Cl)ccc3N2)cc1. The number of anilines is 1. The van der Waals surface area contributed by atoms with E-state index in [1.54, 1.807) is 0 Å². The van der Waals surface area contributed by atoms with E-state index < -0.39 is 0 Å². The van der Waals surface area contributed by atoms with Gasteiger partial charge in [0, 0.05) is 16.1 Å². The van der Waals surface area contributed by atoms with E-state index in [9.17, 15) is 0 Å². The number of hydrogen-bond acceptors (Lipinski definition) is 2. The van der Waals surface area contributed by atoms with Gasteiger partial charge in [-0.1, -0.05) is 35.3 Å². The zero-order chi connectivity index (χ0) is 12.5. The molecular formula is C14H11Cl2NO. The highest BCUT2D eigenvalue weighted by atomic mass is 35.5. The van der Waals surface area contributed by atoms with Crippen LogP contribution in [-0.4, -0.2) is 6.61 Å². The molecule has 1 N–H and O–H groups in total. The summed E-state index contributed by atoms with van der Waals surface area (Å²) >= 11 is 11.8. The van der Waals surface area contributed by atoms with Gasteiger partial charge in [-0.2, -0.15) is 0 Å². The van der Waals surface area contributed by atoms with E-state index in [0.29, 0.717) is 11.6 Å². The molecule has 92 valence electrons. The van der Waals surface area contributed by atoms with Crippen molar-refractivity contribution in [2.24, 2.45) is 0 Å². The zero-order valence-corrected chi connectivity index (χ0v) is 11.0. The number of halogens is 2. The van der Waals surface area contributed by atoms with E-state index in [-0.39, 0.29) is 6.04 Å². The lowest BCUT2D eigenvalue weighted by Gasteiger charge is -2.28. The number of ether oxygens (including phenoxy) is 1. The van der Waals surface area contributed by atoms with Crippen molar-refractivity contribution in [1.82, 2.24) is 0 Å². The molecule has 2 aromatic rings. The maximum absolute atomic E-state index is 5.93. The largest absolute Gasteiger partial charge is 0.489 e. The van der Waals surface area contributed by atoms with Gasteiger partial charge < -0.3 is 10.1 Å². The van der Waals surface area contributed by atoms with Gasteiger partial charge >= 0.3 is 0 Å². The summed E-state index contributed by atoms with van der Waals surface area (Å²) in [6.45, 7) is 0.578. The topological polar surface area (TPSA) is 21.3 Å². The normalized spacial score (nSPS) is 17.6. The van der Waals surface area contributed by atoms with Crippen LogP contribution >= 0.6 is 23.2 Å². The molecule has 2 aromatic carbocycles. The smallest absolute Gasteiger partial charge is 0.144 e. The standard InChI is InChI=1S/C14H11Cl2NO/c15-10-3-1-9(2-4-10)13-8-18-14-7-11(16)5-6-12(14)17-13/h1-7,13,17H,8H2/t13-/m1/s1. The van der Waals surface area contributed by atoms with Gasteiger partial charge in [-0.15, -0.1) is 0 Å². The van der Waals surface area contributed by atoms with Crippen LogP contribution in [0.25, 0.3) is 0 Å². The Morgan fingerprint density at radius 3 is 2.50 bits per heavy atom. The minimum absolute atomic E-state index is 0.135. The number of hydrogen-bond donors (Lipinski definition) is 1. The Bertz CT molecular complexity index is 569. The molecule has 0 fully saturated rings. The van der Waals surface area contributed by atoms with Crippen LogP contribution in [0.5, 0.6) is 5.75 Å². The van der Waals surface area contributed by atoms with E-state index in [1.807, 2.05) is 42.5 Å². The second kappa shape index (κ2) is 4.71. The summed E-state index contributed by atoms with van der Waals surface area (Å²) in [5.74, 6) is 0.799. The molecule has 18 heavy (non-hydrogen) atoms. The average molecular weight is 280 g/mol. The molecule has 4 heteroatoms. The lowest BCUT2D eigenvalue weighted by molar-refractivity contribution is 0.286. The molecule has 0 aliphatic carbocycles. The Morgan fingerprint density at radius 1 is 1.00 bits per heavy atom. The predicted molar refractivity (Wildman–Crippen MR) is 74.8 cm³/mol. The molecule has 1 aliphatic rings. The Morgan fingerprint density at radius 2 is 1.72 bits per heavy atom. The first kappa shape index (κ1) is 11.7. The van der Waals surface area contributed by atoms with Gasteiger partial charge in [0.05, 0.1) is 11.7 Å². The molecule has 0 bridgehead atoms. The third-order valence-electron chi connectivity index (χ3n) is 2.95. The van der Waals surface area contributed by atoms with Crippen molar-refractivity contribution in [3.63, 3.8) is 0 Å². The molecule has 0 saturated heterocycles. The summed E-state index contributed by atoms with van der Waals surface area (Å²) in [5.41, 5.74) is 2.12. The number of nitrogens with one attached hydrogen (secondary N) is 1. The van der Waals surface area contributed by atoms with Gasteiger partial charge in [0.15, 0.2) is 0 Å². The molecule has 1 aliphatic heterocycles. The fourth-order valence-electron chi connectivity index (χ4n) is 2.01. The average Bonchev–Trinajstić information content (AvgIpc) is 2.39. The summed E-state index contributed by atoms with van der Waals surface area (Å²) in [5, 5.41) is 4.85. The van der Waals surface area contributed by atoms with Crippen LogP contribution in [0, 0.1) is 0 Å². The lowest BCUT2D eigenvalue weighted by atomic mass is 10.1. The van der Waals surface area contributed by atoms with Crippen molar-refractivity contribution in [2.75, 3.05) is 11.9 Å². The van der Waals surface area contributed by atoms with Gasteiger partial charge in [0.1, 0.15) is 12.4 Å². The summed E-state index contributed by atoms with van der Waals surface area (Å²) in [4.78, 5) is 0. The van der Waals surface area contributed by atoms with Gasteiger partial charge in [-0.05, 0) is 29.8 Å². The molecule has 0 radical (unpaired) electrons. The molecule has 0 amide bonds. The molecule has 1 atom stereocenters. The molecule has 0 spiro atoms. The monoisotopic (exact) mass is 279 g/mol. The molecule has 0 aromatic heterocycles. The van der Waals surface area contributed by atoms with Crippen LogP contribution in [0.15, 0.2) is 42.5 Å². The highest BCUT2D eigenvalue weighted by Gasteiger charge is 2.20. The lowest BCUT2D eigenvalue weighted by Crippen LogP contribution is -2.23. The minimum atomic E-state index is 0.135. The van der Waals surface area contributed by atoms with Crippen LogP contribution in [0.2, 0.25) is 10.0 Å². The highest BCUT2D eigenvalue weighted by Crippen LogP contribution is 2.35. The van der Waals surface area contributed by atoms with Crippen LogP contribution in [0.1, 0.15) is 11.6 Å². The van der Waals surface area contributed by atoms with Crippen LogP contribution in [-0.2, 0) is 0 Å². The van der Waals surface area contributed by atoms with Crippen molar-refractivity contribution < 1.29 is 4.74 Å². The van der Waals surface area contributed by atoms with Crippen LogP contribution in [0.3, 0.4) is 0 Å². The molecule has 0 unspecified atom stereocenters. The summed E-state index contributed by atoms with van der Waals surface area (Å²) in [7, 11) is 0. The summed E-state index contributed by atoms with van der Waals surface area (Å²) < 4.78 is 5.72. The van der Waals surface area contributed by atoms with Gasteiger partial charge in [-0.25, -0.2) is 0 Å². The van der Waals surface area contributed by atoms with Crippen molar-refractivity contribution in [3.8, 4) is 5.75 Å². The number of benzene rings is 2. The van der Waals surface area contributed by atoms with Gasteiger partial charge in [-0.3, -0.25) is 0 Å². The van der Waals surface area contributed by atoms with Crippen molar-refractivity contribution in [1.29, 1.82) is 0 Å². The maximum atomic E-state index is 5.93. The molecular weight excluding hydrogens is 269 g/mol. The van der Waals surface area contributed by atoms with Crippen molar-refractivity contribution in [2.45, 2.75) is 6.04 Å². The van der Waals surface area contributed by atoms with Gasteiger partial charge in [0.2, 0.25) is 0 Å².